The third kappa shape index (κ3) is 3.72. The molecule has 0 unspecified atom stereocenters. The van der Waals surface area contributed by atoms with E-state index in [0.717, 1.165) is 17.9 Å². The Labute approximate surface area is 171 Å². The molecule has 0 aliphatic carbocycles. The van der Waals surface area contributed by atoms with Gasteiger partial charge in [-0.15, -0.1) is 23.1 Å². The van der Waals surface area contributed by atoms with Crippen molar-refractivity contribution in [1.82, 2.24) is 4.90 Å². The number of furan rings is 1. The van der Waals surface area contributed by atoms with Crippen molar-refractivity contribution in [3.63, 3.8) is 0 Å². The van der Waals surface area contributed by atoms with Crippen molar-refractivity contribution in [3.05, 3.63) is 75.4 Å². The van der Waals surface area contributed by atoms with Gasteiger partial charge in [0.05, 0.1) is 24.7 Å². The number of hydrogen-bond acceptors (Lipinski definition) is 6. The number of fused-ring (bicyclic) bond motifs is 1. The number of ether oxygens (including phenoxy) is 1. The maximum atomic E-state index is 13.2. The largest absolute Gasteiger partial charge is 0.468 e. The Balaban J connectivity index is 1.51. The van der Waals surface area contributed by atoms with Gasteiger partial charge in [0.2, 0.25) is 0 Å². The normalized spacial score (nSPS) is 13.2. The lowest BCUT2D eigenvalue weighted by Crippen LogP contribution is -2.35. The predicted molar refractivity (Wildman–Crippen MR) is 109 cm³/mol. The Morgan fingerprint density at radius 2 is 2.07 bits per heavy atom. The van der Waals surface area contributed by atoms with E-state index in [1.165, 1.54) is 35.6 Å². The maximum absolute atomic E-state index is 13.2. The zero-order valence-corrected chi connectivity index (χ0v) is 17.0. The average Bonchev–Trinajstić information content (AvgIpc) is 3.40. The Hall–Kier alpha value is -2.51. The lowest BCUT2D eigenvalue weighted by atomic mass is 10.1. The first-order valence-corrected chi connectivity index (χ1v) is 10.7. The molecule has 1 aromatic carbocycles. The summed E-state index contributed by atoms with van der Waals surface area (Å²) in [5.74, 6) is 0.595. The Kier molecular flexibility index (Phi) is 5.54. The van der Waals surface area contributed by atoms with E-state index >= 15 is 0 Å². The molecule has 1 aliphatic rings. The van der Waals surface area contributed by atoms with Gasteiger partial charge in [0.25, 0.3) is 5.91 Å². The number of methoxy groups -OCH3 is 1. The second-order valence-corrected chi connectivity index (χ2v) is 8.40. The van der Waals surface area contributed by atoms with Gasteiger partial charge in [0.1, 0.15) is 11.3 Å². The van der Waals surface area contributed by atoms with Crippen molar-refractivity contribution in [3.8, 4) is 0 Å². The average molecular weight is 414 g/mol. The second kappa shape index (κ2) is 8.24. The van der Waals surface area contributed by atoms with E-state index in [1.54, 1.807) is 17.4 Å². The standard InChI is InChI=1S/C21H19NO4S2/c1-25-21(24)15-7-10-26-17(15)13-28-19-5-3-2-4-16(19)20(23)22-9-6-18-14(12-22)8-11-27-18/h2-5,7-8,10-11H,6,9,12-13H2,1H3. The molecule has 28 heavy (non-hydrogen) atoms. The van der Waals surface area contributed by atoms with Crippen LogP contribution in [0.15, 0.2) is 57.4 Å². The first-order chi connectivity index (χ1) is 13.7. The van der Waals surface area contributed by atoms with Crippen LogP contribution < -0.4 is 0 Å². The zero-order valence-electron chi connectivity index (χ0n) is 15.3. The molecular weight excluding hydrogens is 394 g/mol. The van der Waals surface area contributed by atoms with Crippen LogP contribution in [0.3, 0.4) is 0 Å². The maximum Gasteiger partial charge on any atom is 0.341 e. The molecule has 4 rings (SSSR count). The Morgan fingerprint density at radius 3 is 2.93 bits per heavy atom. The van der Waals surface area contributed by atoms with Gasteiger partial charge in [-0.05, 0) is 41.6 Å². The van der Waals surface area contributed by atoms with E-state index in [-0.39, 0.29) is 5.91 Å². The molecule has 1 aliphatic heterocycles. The summed E-state index contributed by atoms with van der Waals surface area (Å²) in [6.45, 7) is 1.39. The molecule has 0 radical (unpaired) electrons. The molecular formula is C21H19NO4S2. The number of nitrogens with zero attached hydrogens (tertiary/aromatic N) is 1. The highest BCUT2D eigenvalue weighted by atomic mass is 32.2. The topological polar surface area (TPSA) is 59.8 Å². The van der Waals surface area contributed by atoms with Crippen molar-refractivity contribution >= 4 is 35.0 Å². The van der Waals surface area contributed by atoms with E-state index in [4.69, 9.17) is 9.15 Å². The molecule has 3 heterocycles. The van der Waals surface area contributed by atoms with Crippen LogP contribution >= 0.6 is 23.1 Å². The second-order valence-electron chi connectivity index (χ2n) is 6.38. The van der Waals surface area contributed by atoms with Crippen molar-refractivity contribution in [2.24, 2.45) is 0 Å². The van der Waals surface area contributed by atoms with Crippen molar-refractivity contribution in [1.29, 1.82) is 0 Å². The van der Waals surface area contributed by atoms with Gasteiger partial charge in [-0.3, -0.25) is 4.79 Å². The van der Waals surface area contributed by atoms with E-state index in [0.29, 0.717) is 29.2 Å². The molecule has 5 nitrogen and oxygen atoms in total. The third-order valence-electron chi connectivity index (χ3n) is 4.72. The molecule has 0 fully saturated rings. The van der Waals surface area contributed by atoms with Crippen LogP contribution in [0, 0.1) is 0 Å². The number of carbonyl (C=O) groups is 2. The van der Waals surface area contributed by atoms with Gasteiger partial charge in [0, 0.05) is 22.9 Å². The van der Waals surface area contributed by atoms with Crippen LogP contribution in [0.25, 0.3) is 0 Å². The molecule has 0 spiro atoms. The number of benzene rings is 1. The fourth-order valence-electron chi connectivity index (χ4n) is 3.25. The predicted octanol–water partition coefficient (Wildman–Crippen LogP) is 4.62. The lowest BCUT2D eigenvalue weighted by Gasteiger charge is -2.27. The highest BCUT2D eigenvalue weighted by Gasteiger charge is 2.24. The summed E-state index contributed by atoms with van der Waals surface area (Å²) < 4.78 is 10.2. The highest BCUT2D eigenvalue weighted by molar-refractivity contribution is 7.98. The minimum atomic E-state index is -0.423. The fraction of sp³-hybridized carbons (Fsp3) is 0.238. The summed E-state index contributed by atoms with van der Waals surface area (Å²) in [5.41, 5.74) is 2.34. The van der Waals surface area contributed by atoms with E-state index in [2.05, 4.69) is 11.4 Å². The number of esters is 1. The minimum absolute atomic E-state index is 0.0348. The van der Waals surface area contributed by atoms with Gasteiger partial charge in [-0.1, -0.05) is 12.1 Å². The van der Waals surface area contributed by atoms with Crippen molar-refractivity contribution < 1.29 is 18.7 Å². The number of thiophene rings is 1. The molecule has 7 heteroatoms. The molecule has 0 atom stereocenters. The van der Waals surface area contributed by atoms with Crippen LogP contribution in [-0.4, -0.2) is 30.4 Å². The summed E-state index contributed by atoms with van der Waals surface area (Å²) in [7, 11) is 1.34. The quantitative estimate of drug-likeness (QED) is 0.451. The van der Waals surface area contributed by atoms with Gasteiger partial charge < -0.3 is 14.1 Å². The van der Waals surface area contributed by atoms with Crippen LogP contribution in [0.4, 0.5) is 0 Å². The number of carbonyl (C=O) groups excluding carboxylic acids is 2. The number of thioether (sulfide) groups is 1. The van der Waals surface area contributed by atoms with Gasteiger partial charge >= 0.3 is 5.97 Å². The van der Waals surface area contributed by atoms with Crippen LogP contribution in [0.1, 0.15) is 36.9 Å². The summed E-state index contributed by atoms with van der Waals surface area (Å²) in [6, 6.07) is 11.3. The third-order valence-corrected chi connectivity index (χ3v) is 6.82. The summed E-state index contributed by atoms with van der Waals surface area (Å²) in [4.78, 5) is 29.1. The molecule has 0 saturated carbocycles. The number of rotatable bonds is 5. The number of hydrogen-bond donors (Lipinski definition) is 0. The number of amides is 1. The highest BCUT2D eigenvalue weighted by Crippen LogP contribution is 2.31. The molecule has 0 saturated heterocycles. The minimum Gasteiger partial charge on any atom is -0.468 e. The van der Waals surface area contributed by atoms with Gasteiger partial charge in [0.15, 0.2) is 0 Å². The van der Waals surface area contributed by atoms with E-state index in [9.17, 15) is 9.59 Å². The summed E-state index contributed by atoms with van der Waals surface area (Å²) >= 11 is 3.24. The lowest BCUT2D eigenvalue weighted by molar-refractivity contribution is 0.0598. The fourth-order valence-corrected chi connectivity index (χ4v) is 5.13. The molecule has 3 aromatic rings. The Morgan fingerprint density at radius 1 is 1.21 bits per heavy atom. The molecule has 0 N–H and O–H groups in total. The van der Waals surface area contributed by atoms with Gasteiger partial charge in [-0.25, -0.2) is 4.79 Å². The van der Waals surface area contributed by atoms with Gasteiger partial charge in [-0.2, -0.15) is 0 Å². The first-order valence-electron chi connectivity index (χ1n) is 8.88. The summed E-state index contributed by atoms with van der Waals surface area (Å²) in [5, 5.41) is 2.09. The zero-order chi connectivity index (χ0) is 19.5. The molecule has 2 aromatic heterocycles. The van der Waals surface area contributed by atoms with E-state index in [1.807, 2.05) is 29.2 Å². The monoisotopic (exact) mass is 413 g/mol. The first kappa shape index (κ1) is 18.8. The van der Waals surface area contributed by atoms with Crippen LogP contribution in [0.5, 0.6) is 0 Å². The molecule has 144 valence electrons. The summed E-state index contributed by atoms with van der Waals surface area (Å²) in [6.07, 6.45) is 2.38. The van der Waals surface area contributed by atoms with E-state index < -0.39 is 5.97 Å². The van der Waals surface area contributed by atoms with Crippen LogP contribution in [0.2, 0.25) is 0 Å². The SMILES string of the molecule is COC(=O)c1ccoc1CSc1ccccc1C(=O)N1CCc2sccc2C1. The molecule has 0 bridgehead atoms. The smallest absolute Gasteiger partial charge is 0.341 e. The molecule has 1 amide bonds. The van der Waals surface area contributed by atoms with Crippen molar-refractivity contribution in [2.75, 3.05) is 13.7 Å². The van der Waals surface area contributed by atoms with Crippen LogP contribution in [-0.2, 0) is 23.5 Å². The Bertz CT molecular complexity index is 1010. The van der Waals surface area contributed by atoms with Crippen molar-refractivity contribution in [2.45, 2.75) is 23.6 Å².